The van der Waals surface area contributed by atoms with Gasteiger partial charge in [-0.05, 0) is 23.8 Å². The number of thioether (sulfide) groups is 1. The highest BCUT2D eigenvalue weighted by Crippen LogP contribution is 2.51. The van der Waals surface area contributed by atoms with Gasteiger partial charge in [-0.3, -0.25) is 9.59 Å². The molecule has 0 spiro atoms. The fourth-order valence-electron chi connectivity index (χ4n) is 5.22. The van der Waals surface area contributed by atoms with E-state index < -0.39 is 18.0 Å². The number of aliphatic hydroxyl groups is 1. The Labute approximate surface area is 188 Å². The van der Waals surface area contributed by atoms with Gasteiger partial charge in [-0.15, -0.1) is 16.9 Å². The van der Waals surface area contributed by atoms with Crippen LogP contribution in [-0.4, -0.2) is 94.5 Å². The van der Waals surface area contributed by atoms with Crippen molar-refractivity contribution in [3.05, 3.63) is 16.4 Å². The Balaban J connectivity index is 1.27. The maximum absolute atomic E-state index is 13.0. The van der Waals surface area contributed by atoms with Crippen molar-refractivity contribution in [2.75, 3.05) is 13.1 Å². The van der Waals surface area contributed by atoms with Crippen molar-refractivity contribution in [1.29, 1.82) is 0 Å². The van der Waals surface area contributed by atoms with E-state index in [9.17, 15) is 24.6 Å². The van der Waals surface area contributed by atoms with Crippen LogP contribution in [0.15, 0.2) is 10.6 Å². The number of carboxylic acids is 1. The van der Waals surface area contributed by atoms with Crippen LogP contribution in [0.2, 0.25) is 0 Å². The highest BCUT2D eigenvalue weighted by Gasteiger charge is 2.60. The number of nitrogens with zero attached hydrogens (tertiary/aromatic N) is 6. The molecule has 2 saturated heterocycles. The molecule has 0 unspecified atom stereocenters. The van der Waals surface area contributed by atoms with Gasteiger partial charge in [0.05, 0.1) is 37.2 Å². The lowest BCUT2D eigenvalue weighted by Crippen LogP contribution is -2.63. The molecule has 0 bridgehead atoms. The van der Waals surface area contributed by atoms with Gasteiger partial charge in [-0.1, -0.05) is 6.92 Å². The molecule has 0 radical (unpaired) electrons. The van der Waals surface area contributed by atoms with Crippen LogP contribution in [0.5, 0.6) is 0 Å². The van der Waals surface area contributed by atoms with E-state index in [0.717, 1.165) is 0 Å². The van der Waals surface area contributed by atoms with Crippen molar-refractivity contribution in [2.45, 2.75) is 56.8 Å². The van der Waals surface area contributed by atoms with E-state index in [-0.39, 0.29) is 40.8 Å². The van der Waals surface area contributed by atoms with Crippen LogP contribution in [0.1, 0.15) is 26.1 Å². The van der Waals surface area contributed by atoms with Crippen LogP contribution in [0.25, 0.3) is 0 Å². The number of fused-ring (bicyclic) bond motifs is 2. The number of hydrogen-bond donors (Lipinski definition) is 3. The van der Waals surface area contributed by atoms with Gasteiger partial charge in [0.1, 0.15) is 5.70 Å². The Hall–Kier alpha value is -2.51. The lowest BCUT2D eigenvalue weighted by molar-refractivity contribution is -0.163. The van der Waals surface area contributed by atoms with Crippen LogP contribution in [0, 0.1) is 11.8 Å². The maximum atomic E-state index is 13.0. The van der Waals surface area contributed by atoms with Crippen molar-refractivity contribution < 1.29 is 24.6 Å². The van der Waals surface area contributed by atoms with Gasteiger partial charge in [0.15, 0.2) is 5.82 Å². The number of carbonyl (C=O) groups is 3. The number of rotatable bonds is 5. The average molecular weight is 464 g/mol. The molecule has 1 aromatic heterocycles. The lowest BCUT2D eigenvalue weighted by atomic mass is 9.79. The molecule has 2 amide bonds. The third-order valence-electron chi connectivity index (χ3n) is 6.83. The van der Waals surface area contributed by atoms with E-state index in [0.29, 0.717) is 43.3 Å². The molecule has 5 rings (SSSR count). The second kappa shape index (κ2) is 7.81. The summed E-state index contributed by atoms with van der Waals surface area (Å²) < 4.78 is 1.69. The molecule has 6 atom stereocenters. The van der Waals surface area contributed by atoms with Crippen molar-refractivity contribution >= 4 is 29.5 Å². The molecule has 172 valence electrons. The number of amides is 2. The number of carbonyl (C=O) groups excluding carboxylic acids is 2. The average Bonchev–Trinajstić information content (AvgIpc) is 3.45. The molecule has 2 fully saturated rings. The third-order valence-corrected chi connectivity index (χ3v) is 8.34. The minimum absolute atomic E-state index is 0.00432. The van der Waals surface area contributed by atoms with Gasteiger partial charge < -0.3 is 25.3 Å². The van der Waals surface area contributed by atoms with Crippen LogP contribution < -0.4 is 5.32 Å². The van der Waals surface area contributed by atoms with Crippen molar-refractivity contribution in [2.24, 2.45) is 11.8 Å². The Kier molecular flexibility index (Phi) is 5.21. The topological polar surface area (TPSA) is 154 Å². The second-order valence-electron chi connectivity index (χ2n) is 8.79. The molecule has 4 aliphatic rings. The molecule has 5 heterocycles. The van der Waals surface area contributed by atoms with Crippen LogP contribution in [0.4, 0.5) is 0 Å². The first-order valence-corrected chi connectivity index (χ1v) is 11.6. The summed E-state index contributed by atoms with van der Waals surface area (Å²) in [6.07, 6.45) is -0.266. The number of aliphatic carboxylic acids is 1. The summed E-state index contributed by atoms with van der Waals surface area (Å²) in [7, 11) is 0. The molecular formula is C19H25N7O5S. The summed E-state index contributed by atoms with van der Waals surface area (Å²) in [5.74, 6) is -1.59. The van der Waals surface area contributed by atoms with E-state index in [4.69, 9.17) is 0 Å². The minimum atomic E-state index is -1.14. The van der Waals surface area contributed by atoms with Gasteiger partial charge in [-0.25, -0.2) is 9.48 Å². The number of aromatic nitrogens is 4. The van der Waals surface area contributed by atoms with E-state index in [2.05, 4.69) is 20.8 Å². The Morgan fingerprint density at radius 3 is 2.81 bits per heavy atom. The maximum Gasteiger partial charge on any atom is 0.353 e. The fraction of sp³-hybridized carbons (Fsp3) is 0.684. The monoisotopic (exact) mass is 463 g/mol. The second-order valence-corrected chi connectivity index (χ2v) is 10.1. The fourth-order valence-corrected chi connectivity index (χ4v) is 6.70. The van der Waals surface area contributed by atoms with Crippen LogP contribution in [0.3, 0.4) is 0 Å². The molecule has 13 heteroatoms. The van der Waals surface area contributed by atoms with E-state index in [1.807, 2.05) is 6.92 Å². The van der Waals surface area contributed by atoms with E-state index in [1.54, 1.807) is 16.5 Å². The predicted octanol–water partition coefficient (Wildman–Crippen LogP) is -1.37. The van der Waals surface area contributed by atoms with Gasteiger partial charge in [0.25, 0.3) is 0 Å². The summed E-state index contributed by atoms with van der Waals surface area (Å²) in [6, 6.07) is -0.688. The summed E-state index contributed by atoms with van der Waals surface area (Å²) in [5.41, 5.74) is 0.0204. The highest BCUT2D eigenvalue weighted by molar-refractivity contribution is 8.03. The summed E-state index contributed by atoms with van der Waals surface area (Å²) in [5, 5.41) is 34.5. The summed E-state index contributed by atoms with van der Waals surface area (Å²) in [4.78, 5) is 41.2. The Morgan fingerprint density at radius 1 is 1.31 bits per heavy atom. The molecule has 1 aromatic rings. The quantitative estimate of drug-likeness (QED) is 0.446. The summed E-state index contributed by atoms with van der Waals surface area (Å²) >= 11 is 1.43. The van der Waals surface area contributed by atoms with Crippen molar-refractivity contribution in [1.82, 2.24) is 35.3 Å². The first-order valence-electron chi connectivity index (χ1n) is 10.7. The number of tetrazole rings is 1. The van der Waals surface area contributed by atoms with E-state index >= 15 is 0 Å². The zero-order chi connectivity index (χ0) is 22.7. The minimum Gasteiger partial charge on any atom is -0.477 e. The lowest BCUT2D eigenvalue weighted by Gasteiger charge is -2.46. The molecule has 0 aromatic carbocycles. The van der Waals surface area contributed by atoms with Crippen LogP contribution in [-0.2, 0) is 27.5 Å². The number of aliphatic hydroxyl groups excluding tert-OH is 1. The normalized spacial score (nSPS) is 32.6. The SMILES string of the molecule is C[C@@H](O)[C@H]1C(=O)N2C(C(=O)O)=C(S[C@@H]3CN[C@H](C(=O)N4CCn5nnnc5C4)C3)[C@H](C)[C@H]12. The third kappa shape index (κ3) is 3.21. The molecule has 3 N–H and O–H groups in total. The number of carboxylic acid groups (broad SMARTS) is 1. The van der Waals surface area contributed by atoms with Gasteiger partial charge in [-0.2, -0.15) is 0 Å². The zero-order valence-electron chi connectivity index (χ0n) is 17.7. The molecule has 4 aliphatic heterocycles. The molecule has 32 heavy (non-hydrogen) atoms. The zero-order valence-corrected chi connectivity index (χ0v) is 18.5. The first-order chi connectivity index (χ1) is 15.3. The molecule has 0 saturated carbocycles. The van der Waals surface area contributed by atoms with Crippen molar-refractivity contribution in [3.8, 4) is 0 Å². The Morgan fingerprint density at radius 2 is 2.09 bits per heavy atom. The standard InChI is InChI=1S/C19H25N7O5S/c1-8-14-13(9(2)27)18(29)26(14)15(19(30)31)16(8)32-10-5-11(20-6-10)17(28)24-3-4-25-12(7-24)21-22-23-25/h8-11,13-14,20,27H,3-7H2,1-2H3,(H,30,31)/t8-,9-,10+,11+,13-,14-/m1/s1. The number of nitrogens with one attached hydrogen (secondary N) is 1. The van der Waals surface area contributed by atoms with Crippen molar-refractivity contribution in [3.63, 3.8) is 0 Å². The molecule has 0 aliphatic carbocycles. The molecular weight excluding hydrogens is 438 g/mol. The van der Waals surface area contributed by atoms with Crippen LogP contribution >= 0.6 is 11.8 Å². The number of β-lactam (4-membered cyclic amide) rings is 1. The van der Waals surface area contributed by atoms with Gasteiger partial charge in [0.2, 0.25) is 11.8 Å². The predicted molar refractivity (Wildman–Crippen MR) is 111 cm³/mol. The van der Waals surface area contributed by atoms with Gasteiger partial charge in [0, 0.05) is 29.2 Å². The smallest absolute Gasteiger partial charge is 0.353 e. The Bertz CT molecular complexity index is 1010. The number of hydrogen-bond acceptors (Lipinski definition) is 9. The van der Waals surface area contributed by atoms with Gasteiger partial charge >= 0.3 is 5.97 Å². The van der Waals surface area contributed by atoms with E-state index in [1.165, 1.54) is 16.7 Å². The first kappa shape index (κ1) is 21.3. The largest absolute Gasteiger partial charge is 0.477 e. The summed E-state index contributed by atoms with van der Waals surface area (Å²) in [6.45, 7) is 5.49. The highest BCUT2D eigenvalue weighted by atomic mass is 32.2. The molecule has 12 nitrogen and oxygen atoms in total.